The Hall–Kier alpha value is -3.14. The average molecular weight is 526 g/mol. The second kappa shape index (κ2) is 10.6. The second-order valence-electron chi connectivity index (χ2n) is 11.9. The van der Waals surface area contributed by atoms with E-state index in [0.29, 0.717) is 24.5 Å². The van der Waals surface area contributed by atoms with E-state index in [-0.39, 0.29) is 24.0 Å². The number of carbonyl (C=O) groups is 3. The van der Waals surface area contributed by atoms with Crippen LogP contribution >= 0.6 is 0 Å². The van der Waals surface area contributed by atoms with E-state index < -0.39 is 11.5 Å². The summed E-state index contributed by atoms with van der Waals surface area (Å²) in [6.45, 7) is 10.1. The van der Waals surface area contributed by atoms with Crippen molar-refractivity contribution in [3.05, 3.63) is 23.9 Å². The molecular formula is C28H39N5O5. The van der Waals surface area contributed by atoms with Crippen LogP contribution in [0.2, 0.25) is 0 Å². The average Bonchev–Trinajstić information content (AvgIpc) is 3.42. The first-order chi connectivity index (χ1) is 18.1. The minimum Gasteiger partial charge on any atom is -0.489 e. The normalized spacial score (nSPS) is 23.6. The summed E-state index contributed by atoms with van der Waals surface area (Å²) in [6, 6.07) is 5.92. The Balaban J connectivity index is 1.13. The van der Waals surface area contributed by atoms with Gasteiger partial charge < -0.3 is 14.4 Å². The van der Waals surface area contributed by atoms with Gasteiger partial charge in [0.25, 0.3) is 0 Å². The zero-order valence-corrected chi connectivity index (χ0v) is 22.9. The molecular weight excluding hydrogens is 486 g/mol. The molecule has 1 aromatic heterocycles. The Morgan fingerprint density at radius 1 is 1.11 bits per heavy atom. The van der Waals surface area contributed by atoms with Gasteiger partial charge in [0.2, 0.25) is 11.8 Å². The summed E-state index contributed by atoms with van der Waals surface area (Å²) in [6.07, 6.45) is 3.69. The molecule has 1 N–H and O–H groups in total. The van der Waals surface area contributed by atoms with Crippen molar-refractivity contribution in [3.8, 4) is 5.75 Å². The number of rotatable bonds is 5. The molecule has 10 nitrogen and oxygen atoms in total. The molecule has 10 heteroatoms. The summed E-state index contributed by atoms with van der Waals surface area (Å²) in [5.41, 5.74) is 1.16. The second-order valence-corrected chi connectivity index (χ2v) is 11.9. The van der Waals surface area contributed by atoms with Crippen molar-refractivity contribution in [2.75, 3.05) is 32.7 Å². The van der Waals surface area contributed by atoms with Gasteiger partial charge in [-0.1, -0.05) is 0 Å². The number of likely N-dealkylation sites (tertiary alicyclic amines) is 2. The summed E-state index contributed by atoms with van der Waals surface area (Å²) in [5.74, 6) is 0.460. The van der Waals surface area contributed by atoms with Crippen LogP contribution in [0.5, 0.6) is 5.75 Å². The highest BCUT2D eigenvalue weighted by Crippen LogP contribution is 2.33. The van der Waals surface area contributed by atoms with Crippen LogP contribution in [-0.2, 0) is 21.4 Å². The van der Waals surface area contributed by atoms with Crippen molar-refractivity contribution < 1.29 is 23.9 Å². The van der Waals surface area contributed by atoms with Crippen molar-refractivity contribution in [2.24, 2.45) is 13.0 Å². The minimum absolute atomic E-state index is 0.122. The zero-order chi connectivity index (χ0) is 27.0. The van der Waals surface area contributed by atoms with E-state index in [9.17, 15) is 14.4 Å². The lowest BCUT2D eigenvalue weighted by atomic mass is 9.93. The number of ether oxygens (including phenoxy) is 2. The lowest BCUT2D eigenvalue weighted by Crippen LogP contribution is -2.43. The van der Waals surface area contributed by atoms with Gasteiger partial charge in [-0.2, -0.15) is 5.10 Å². The number of carbonyl (C=O) groups excluding carboxylic acids is 3. The summed E-state index contributed by atoms with van der Waals surface area (Å²) >= 11 is 0. The Labute approximate surface area is 223 Å². The van der Waals surface area contributed by atoms with Gasteiger partial charge in [-0.25, -0.2) is 4.79 Å². The van der Waals surface area contributed by atoms with Crippen LogP contribution in [0.25, 0.3) is 10.9 Å². The molecule has 3 amide bonds. The number of benzene rings is 1. The van der Waals surface area contributed by atoms with Gasteiger partial charge in [0.1, 0.15) is 17.5 Å². The summed E-state index contributed by atoms with van der Waals surface area (Å²) in [5, 5.41) is 7.97. The number of imide groups is 1. The molecule has 0 saturated carbocycles. The number of hydrogen-bond acceptors (Lipinski definition) is 7. The van der Waals surface area contributed by atoms with Crippen molar-refractivity contribution >= 4 is 28.8 Å². The molecule has 0 bridgehead atoms. The summed E-state index contributed by atoms with van der Waals surface area (Å²) in [4.78, 5) is 40.6. The van der Waals surface area contributed by atoms with Crippen molar-refractivity contribution in [1.82, 2.24) is 24.9 Å². The number of nitrogens with one attached hydrogen (secondary N) is 1. The molecule has 0 radical (unpaired) electrons. The lowest BCUT2D eigenvalue weighted by molar-refractivity contribution is -0.134. The first kappa shape index (κ1) is 26.5. The van der Waals surface area contributed by atoms with Gasteiger partial charge in [-0.05, 0) is 64.5 Å². The standard InChI is InChI=1S/C28H39N5O5/c1-28(2,3)38-27(36)33-13-9-18(10-14-33)16-32-12-11-20(17-32)37-19-5-6-21-23(15-19)31(4)30-25(21)22-7-8-24(34)29-26(22)35/h5-6,15,18,20,22H,7-14,16-17H2,1-4H3,(H,29,34,35)/t20-,22?/m1/s1. The highest BCUT2D eigenvalue weighted by atomic mass is 16.6. The summed E-state index contributed by atoms with van der Waals surface area (Å²) < 4.78 is 13.7. The van der Waals surface area contributed by atoms with Crippen LogP contribution in [0.3, 0.4) is 0 Å². The van der Waals surface area contributed by atoms with Crippen LogP contribution in [0.15, 0.2) is 18.2 Å². The smallest absolute Gasteiger partial charge is 0.410 e. The van der Waals surface area contributed by atoms with Gasteiger partial charge in [-0.3, -0.25) is 24.5 Å². The van der Waals surface area contributed by atoms with Crippen molar-refractivity contribution in [3.63, 3.8) is 0 Å². The first-order valence-corrected chi connectivity index (χ1v) is 13.7. The van der Waals surface area contributed by atoms with E-state index in [4.69, 9.17) is 9.47 Å². The molecule has 0 spiro atoms. The Bertz CT molecular complexity index is 1210. The number of nitrogens with zero attached hydrogens (tertiary/aromatic N) is 4. The maximum Gasteiger partial charge on any atom is 0.410 e. The zero-order valence-electron chi connectivity index (χ0n) is 22.9. The topological polar surface area (TPSA) is 106 Å². The molecule has 3 saturated heterocycles. The molecule has 1 aromatic carbocycles. The third-order valence-corrected chi connectivity index (χ3v) is 7.74. The fraction of sp³-hybridized carbons (Fsp3) is 0.643. The number of fused-ring (bicyclic) bond motifs is 1. The highest BCUT2D eigenvalue weighted by molar-refractivity contribution is 6.02. The van der Waals surface area contributed by atoms with Gasteiger partial charge in [0.05, 0.1) is 17.1 Å². The molecule has 1 unspecified atom stereocenters. The molecule has 3 aliphatic rings. The number of amides is 3. The molecule has 2 aromatic rings. The van der Waals surface area contributed by atoms with Crippen LogP contribution < -0.4 is 10.1 Å². The van der Waals surface area contributed by atoms with E-state index in [2.05, 4.69) is 15.3 Å². The van der Waals surface area contributed by atoms with E-state index in [1.54, 1.807) is 4.68 Å². The van der Waals surface area contributed by atoms with Crippen LogP contribution in [0.4, 0.5) is 4.79 Å². The molecule has 3 aliphatic heterocycles. The molecule has 5 rings (SSSR count). The number of aryl methyl sites for hydroxylation is 1. The monoisotopic (exact) mass is 525 g/mol. The highest BCUT2D eigenvalue weighted by Gasteiger charge is 2.33. The fourth-order valence-electron chi connectivity index (χ4n) is 5.79. The van der Waals surface area contributed by atoms with Crippen LogP contribution in [0.1, 0.15) is 64.5 Å². The molecule has 4 heterocycles. The maximum atomic E-state index is 12.4. The third kappa shape index (κ3) is 5.95. The maximum absolute atomic E-state index is 12.4. The quantitative estimate of drug-likeness (QED) is 0.598. The number of piperidine rings is 2. The third-order valence-electron chi connectivity index (χ3n) is 7.74. The summed E-state index contributed by atoms with van der Waals surface area (Å²) in [7, 11) is 1.87. The number of aromatic nitrogens is 2. The van der Waals surface area contributed by atoms with Crippen LogP contribution in [-0.4, -0.2) is 81.9 Å². The van der Waals surface area contributed by atoms with E-state index in [1.807, 2.05) is 50.9 Å². The largest absolute Gasteiger partial charge is 0.489 e. The lowest BCUT2D eigenvalue weighted by Gasteiger charge is -2.34. The van der Waals surface area contributed by atoms with Gasteiger partial charge in [0.15, 0.2) is 0 Å². The van der Waals surface area contributed by atoms with Crippen LogP contribution in [0, 0.1) is 5.92 Å². The minimum atomic E-state index is -0.463. The Kier molecular flexibility index (Phi) is 7.35. The van der Waals surface area contributed by atoms with Gasteiger partial charge >= 0.3 is 6.09 Å². The molecule has 38 heavy (non-hydrogen) atoms. The number of hydrogen-bond donors (Lipinski definition) is 1. The Morgan fingerprint density at radius 2 is 1.87 bits per heavy atom. The van der Waals surface area contributed by atoms with E-state index >= 15 is 0 Å². The van der Waals surface area contributed by atoms with E-state index in [1.165, 1.54) is 0 Å². The van der Waals surface area contributed by atoms with Crippen molar-refractivity contribution in [2.45, 2.75) is 70.5 Å². The molecule has 0 aliphatic carbocycles. The fourth-order valence-corrected chi connectivity index (χ4v) is 5.79. The first-order valence-electron chi connectivity index (χ1n) is 13.7. The predicted molar refractivity (Wildman–Crippen MR) is 142 cm³/mol. The Morgan fingerprint density at radius 3 is 2.58 bits per heavy atom. The molecule has 2 atom stereocenters. The molecule has 3 fully saturated rings. The molecule has 206 valence electrons. The van der Waals surface area contributed by atoms with Gasteiger partial charge in [0, 0.05) is 57.6 Å². The van der Waals surface area contributed by atoms with E-state index in [0.717, 1.165) is 68.6 Å². The van der Waals surface area contributed by atoms with Crippen molar-refractivity contribution in [1.29, 1.82) is 0 Å². The predicted octanol–water partition coefficient (Wildman–Crippen LogP) is 3.19. The van der Waals surface area contributed by atoms with Gasteiger partial charge in [-0.15, -0.1) is 0 Å². The SMILES string of the molecule is Cn1nc(C2CCC(=O)NC2=O)c2ccc(O[C@@H]3CCN(CC4CCN(C(=O)OC(C)(C)C)CC4)C3)cc21.